The molecule has 5 heteroatoms. The van der Waals surface area contributed by atoms with Crippen LogP contribution in [0.3, 0.4) is 0 Å². The number of piperidine rings is 1. The number of hydrogen-bond acceptors (Lipinski definition) is 4. The van der Waals surface area contributed by atoms with Gasteiger partial charge in [-0.3, -0.25) is 9.69 Å². The van der Waals surface area contributed by atoms with Crippen LogP contribution in [0.1, 0.15) is 37.0 Å². The Morgan fingerprint density at radius 2 is 2.14 bits per heavy atom. The van der Waals surface area contributed by atoms with Crippen molar-refractivity contribution in [3.05, 3.63) is 29.8 Å². The van der Waals surface area contributed by atoms with Crippen LogP contribution in [-0.4, -0.2) is 43.0 Å². The Kier molecular flexibility index (Phi) is 7.87. The van der Waals surface area contributed by atoms with Gasteiger partial charge in [0, 0.05) is 19.1 Å². The van der Waals surface area contributed by atoms with Crippen LogP contribution < -0.4 is 10.5 Å². The van der Waals surface area contributed by atoms with Crippen LogP contribution >= 0.6 is 12.4 Å². The summed E-state index contributed by atoms with van der Waals surface area (Å²) in [5.41, 5.74) is 6.53. The standard InChI is InChI=1S/C17H26N2O2.ClH/c1-13-7-8-19(15(11-13)12-18)9-10-21-17-6-4-3-5-16(17)14(2)20;/h3-6,13,15H,7-12,18H2,1-2H3;1H. The summed E-state index contributed by atoms with van der Waals surface area (Å²) in [6.07, 6.45) is 2.39. The lowest BCUT2D eigenvalue weighted by atomic mass is 9.92. The molecule has 0 saturated carbocycles. The smallest absolute Gasteiger partial charge is 0.163 e. The van der Waals surface area contributed by atoms with Crippen molar-refractivity contribution in [3.63, 3.8) is 0 Å². The fourth-order valence-corrected chi connectivity index (χ4v) is 3.00. The van der Waals surface area contributed by atoms with Crippen molar-refractivity contribution in [2.24, 2.45) is 11.7 Å². The largest absolute Gasteiger partial charge is 0.491 e. The molecule has 1 aliphatic rings. The third kappa shape index (κ3) is 4.97. The maximum absolute atomic E-state index is 11.6. The molecule has 0 amide bonds. The van der Waals surface area contributed by atoms with Crippen LogP contribution in [0.4, 0.5) is 0 Å². The summed E-state index contributed by atoms with van der Waals surface area (Å²) in [4.78, 5) is 14.0. The Balaban J connectivity index is 0.00000242. The molecule has 0 aromatic heterocycles. The number of ether oxygens (including phenoxy) is 1. The molecule has 1 heterocycles. The van der Waals surface area contributed by atoms with Crippen molar-refractivity contribution in [1.29, 1.82) is 0 Å². The molecule has 1 aromatic rings. The van der Waals surface area contributed by atoms with Gasteiger partial charge in [-0.25, -0.2) is 0 Å². The average molecular weight is 327 g/mol. The Labute approximate surface area is 139 Å². The molecule has 1 saturated heterocycles. The highest BCUT2D eigenvalue weighted by Gasteiger charge is 2.24. The van der Waals surface area contributed by atoms with Gasteiger partial charge in [0.15, 0.2) is 5.78 Å². The van der Waals surface area contributed by atoms with Crippen molar-refractivity contribution in [2.75, 3.05) is 26.2 Å². The fourth-order valence-electron chi connectivity index (χ4n) is 3.00. The van der Waals surface area contributed by atoms with Gasteiger partial charge in [-0.05, 0) is 44.4 Å². The fraction of sp³-hybridized carbons (Fsp3) is 0.588. The Morgan fingerprint density at radius 1 is 1.41 bits per heavy atom. The molecular formula is C17H27ClN2O2. The zero-order valence-corrected chi connectivity index (χ0v) is 14.3. The van der Waals surface area contributed by atoms with Gasteiger partial charge >= 0.3 is 0 Å². The first-order chi connectivity index (χ1) is 10.1. The van der Waals surface area contributed by atoms with Crippen LogP contribution in [-0.2, 0) is 0 Å². The van der Waals surface area contributed by atoms with Crippen molar-refractivity contribution < 1.29 is 9.53 Å². The van der Waals surface area contributed by atoms with Gasteiger partial charge in [0.25, 0.3) is 0 Å². The van der Waals surface area contributed by atoms with Crippen molar-refractivity contribution in [2.45, 2.75) is 32.7 Å². The number of rotatable bonds is 6. The lowest BCUT2D eigenvalue weighted by Crippen LogP contribution is -2.47. The monoisotopic (exact) mass is 326 g/mol. The summed E-state index contributed by atoms with van der Waals surface area (Å²) in [6, 6.07) is 7.88. The highest BCUT2D eigenvalue weighted by molar-refractivity contribution is 5.96. The number of carbonyl (C=O) groups excluding carboxylic acids is 1. The predicted molar refractivity (Wildman–Crippen MR) is 92.0 cm³/mol. The summed E-state index contributed by atoms with van der Waals surface area (Å²) >= 11 is 0. The first-order valence-electron chi connectivity index (χ1n) is 7.78. The molecule has 1 aromatic carbocycles. The number of nitrogens with two attached hydrogens (primary N) is 1. The molecule has 0 spiro atoms. The molecule has 124 valence electrons. The normalized spacial score (nSPS) is 22.0. The maximum atomic E-state index is 11.6. The number of likely N-dealkylation sites (tertiary alicyclic amines) is 1. The van der Waals surface area contributed by atoms with Gasteiger partial charge in [-0.15, -0.1) is 12.4 Å². The minimum absolute atomic E-state index is 0. The number of nitrogens with zero attached hydrogens (tertiary/aromatic N) is 1. The average Bonchev–Trinajstić information content (AvgIpc) is 2.49. The van der Waals surface area contributed by atoms with Crippen LogP contribution in [0.15, 0.2) is 24.3 Å². The summed E-state index contributed by atoms with van der Waals surface area (Å²) in [5, 5.41) is 0. The topological polar surface area (TPSA) is 55.6 Å². The second-order valence-electron chi connectivity index (χ2n) is 5.96. The van der Waals surface area contributed by atoms with E-state index >= 15 is 0 Å². The van der Waals surface area contributed by atoms with E-state index < -0.39 is 0 Å². The second kappa shape index (κ2) is 9.13. The van der Waals surface area contributed by atoms with E-state index in [0.29, 0.717) is 30.5 Å². The summed E-state index contributed by atoms with van der Waals surface area (Å²) < 4.78 is 5.82. The van der Waals surface area contributed by atoms with Gasteiger partial charge < -0.3 is 10.5 Å². The number of Topliss-reactive ketones (excluding diaryl/α,β-unsaturated/α-hetero) is 1. The Hall–Kier alpha value is -1.10. The third-order valence-corrected chi connectivity index (χ3v) is 4.27. The first kappa shape index (κ1) is 18.9. The SMILES string of the molecule is CC(=O)c1ccccc1OCCN1CCC(C)CC1CN.Cl. The van der Waals surface area contributed by atoms with Crippen molar-refractivity contribution in [3.8, 4) is 5.75 Å². The van der Waals surface area contributed by atoms with Crippen LogP contribution in [0, 0.1) is 5.92 Å². The van der Waals surface area contributed by atoms with E-state index in [4.69, 9.17) is 10.5 Å². The van der Waals surface area contributed by atoms with E-state index in [9.17, 15) is 4.79 Å². The van der Waals surface area contributed by atoms with E-state index in [1.807, 2.05) is 24.3 Å². The number of hydrogen-bond donors (Lipinski definition) is 1. The predicted octanol–water partition coefficient (Wildman–Crippen LogP) is 2.75. The first-order valence-corrected chi connectivity index (χ1v) is 7.78. The molecule has 0 aliphatic carbocycles. The molecule has 22 heavy (non-hydrogen) atoms. The molecular weight excluding hydrogens is 300 g/mol. The van der Waals surface area contributed by atoms with E-state index in [1.54, 1.807) is 6.92 Å². The number of ketones is 1. The van der Waals surface area contributed by atoms with Crippen LogP contribution in [0.25, 0.3) is 0 Å². The van der Waals surface area contributed by atoms with Crippen LogP contribution in [0.5, 0.6) is 5.75 Å². The van der Waals surface area contributed by atoms with Gasteiger partial charge in [-0.2, -0.15) is 0 Å². The summed E-state index contributed by atoms with van der Waals surface area (Å²) in [5.74, 6) is 1.48. The lowest BCUT2D eigenvalue weighted by molar-refractivity contribution is 0.0984. The molecule has 1 aliphatic heterocycles. The van der Waals surface area contributed by atoms with E-state index in [0.717, 1.165) is 19.0 Å². The quantitative estimate of drug-likeness (QED) is 0.817. The Bertz CT molecular complexity index is 481. The molecule has 0 radical (unpaired) electrons. The van der Waals surface area contributed by atoms with Gasteiger partial charge in [0.1, 0.15) is 12.4 Å². The van der Waals surface area contributed by atoms with E-state index in [-0.39, 0.29) is 18.2 Å². The highest BCUT2D eigenvalue weighted by Crippen LogP contribution is 2.22. The molecule has 2 N–H and O–H groups in total. The lowest BCUT2D eigenvalue weighted by Gasteiger charge is -2.37. The minimum atomic E-state index is 0. The minimum Gasteiger partial charge on any atom is -0.491 e. The second-order valence-corrected chi connectivity index (χ2v) is 5.96. The molecule has 2 unspecified atom stereocenters. The molecule has 0 bridgehead atoms. The van der Waals surface area contributed by atoms with Gasteiger partial charge in [-0.1, -0.05) is 19.1 Å². The number of para-hydroxylation sites is 1. The van der Waals surface area contributed by atoms with Crippen LogP contribution in [0.2, 0.25) is 0 Å². The Morgan fingerprint density at radius 3 is 2.82 bits per heavy atom. The van der Waals surface area contributed by atoms with Crippen molar-refractivity contribution in [1.82, 2.24) is 4.90 Å². The zero-order valence-electron chi connectivity index (χ0n) is 13.5. The number of halogens is 1. The zero-order chi connectivity index (χ0) is 15.2. The summed E-state index contributed by atoms with van der Waals surface area (Å²) in [7, 11) is 0. The highest BCUT2D eigenvalue weighted by atomic mass is 35.5. The molecule has 1 fully saturated rings. The van der Waals surface area contributed by atoms with E-state index in [1.165, 1.54) is 12.8 Å². The van der Waals surface area contributed by atoms with Gasteiger partial charge in [0.2, 0.25) is 0 Å². The number of carbonyl (C=O) groups is 1. The maximum Gasteiger partial charge on any atom is 0.163 e. The van der Waals surface area contributed by atoms with Gasteiger partial charge in [0.05, 0.1) is 5.56 Å². The van der Waals surface area contributed by atoms with Crippen molar-refractivity contribution >= 4 is 18.2 Å². The molecule has 4 nitrogen and oxygen atoms in total. The third-order valence-electron chi connectivity index (χ3n) is 4.27. The molecule has 2 rings (SSSR count). The summed E-state index contributed by atoms with van der Waals surface area (Å²) in [6.45, 7) is 7.10. The molecule has 2 atom stereocenters. The van der Waals surface area contributed by atoms with E-state index in [2.05, 4.69) is 11.8 Å². The number of benzene rings is 1.